The Morgan fingerprint density at radius 2 is 0.523 bits per heavy atom. The van der Waals surface area contributed by atoms with Crippen LogP contribution in [0.5, 0.6) is 0 Å². The Balaban J connectivity index is 3.33. The molecule has 2 unspecified atom stereocenters. The first-order chi connectivity index (χ1) is 43.5. The molecule has 0 heterocycles. The van der Waals surface area contributed by atoms with Gasteiger partial charge < -0.3 is 20.3 Å². The largest absolute Gasteiger partial charge is 0.466 e. The van der Waals surface area contributed by atoms with Crippen molar-refractivity contribution in [3.05, 3.63) is 12.2 Å². The van der Waals surface area contributed by atoms with E-state index >= 15 is 0 Å². The van der Waals surface area contributed by atoms with Gasteiger partial charge in [-0.25, -0.2) is 0 Å². The van der Waals surface area contributed by atoms with E-state index in [-0.39, 0.29) is 18.5 Å². The molecule has 6 nitrogen and oxygen atoms in total. The number of ether oxygens (including phenoxy) is 1. The second-order valence-corrected chi connectivity index (χ2v) is 28.5. The first-order valence-corrected chi connectivity index (χ1v) is 41.0. The number of aliphatic hydroxyl groups is 2. The molecule has 2 atom stereocenters. The van der Waals surface area contributed by atoms with Crippen molar-refractivity contribution in [3.8, 4) is 0 Å². The normalized spacial score (nSPS) is 12.5. The molecule has 0 aromatic carbocycles. The highest BCUT2D eigenvalue weighted by atomic mass is 16.5. The average Bonchev–Trinajstić information content (AvgIpc) is 3.58. The Morgan fingerprint density at radius 1 is 0.307 bits per heavy atom. The maximum Gasteiger partial charge on any atom is 0.305 e. The van der Waals surface area contributed by atoms with Crippen LogP contribution >= 0.6 is 0 Å². The van der Waals surface area contributed by atoms with Gasteiger partial charge in [-0.1, -0.05) is 443 Å². The Morgan fingerprint density at radius 3 is 0.773 bits per heavy atom. The first-order valence-electron chi connectivity index (χ1n) is 41.0. The highest BCUT2D eigenvalue weighted by Crippen LogP contribution is 2.21. The molecule has 0 aliphatic rings. The van der Waals surface area contributed by atoms with Gasteiger partial charge in [-0.05, 0) is 32.1 Å². The molecular weight excluding hydrogens is 1080 g/mol. The van der Waals surface area contributed by atoms with E-state index < -0.39 is 12.1 Å². The van der Waals surface area contributed by atoms with Crippen LogP contribution in [-0.4, -0.2) is 47.4 Å². The van der Waals surface area contributed by atoms with E-state index in [4.69, 9.17) is 4.74 Å². The number of rotatable bonds is 78. The van der Waals surface area contributed by atoms with Gasteiger partial charge in [-0.3, -0.25) is 9.59 Å². The maximum absolute atomic E-state index is 12.6. The number of carbonyl (C=O) groups is 2. The summed E-state index contributed by atoms with van der Waals surface area (Å²) in [5.41, 5.74) is 0. The molecule has 0 aromatic heterocycles. The molecule has 0 aromatic rings. The van der Waals surface area contributed by atoms with E-state index in [2.05, 4.69) is 19.2 Å². The molecule has 1 amide bonds. The van der Waals surface area contributed by atoms with Crippen LogP contribution < -0.4 is 5.32 Å². The molecule has 0 fully saturated rings. The van der Waals surface area contributed by atoms with E-state index in [1.165, 1.54) is 411 Å². The fourth-order valence-electron chi connectivity index (χ4n) is 13.3. The monoisotopic (exact) mass is 1240 g/mol. The number of amides is 1. The summed E-state index contributed by atoms with van der Waals surface area (Å²) in [5, 5.41) is 23.3. The van der Waals surface area contributed by atoms with Crippen LogP contribution in [0.2, 0.25) is 0 Å². The molecule has 0 bridgehead atoms. The fourth-order valence-corrected chi connectivity index (χ4v) is 13.3. The zero-order valence-electron chi connectivity index (χ0n) is 60.3. The van der Waals surface area contributed by atoms with E-state index in [1.54, 1.807) is 6.08 Å². The van der Waals surface area contributed by atoms with Crippen molar-refractivity contribution >= 4 is 11.9 Å². The van der Waals surface area contributed by atoms with Gasteiger partial charge in [0.05, 0.1) is 25.4 Å². The summed E-state index contributed by atoms with van der Waals surface area (Å²) < 4.78 is 5.52. The summed E-state index contributed by atoms with van der Waals surface area (Å²) in [6, 6.07) is -0.625. The maximum atomic E-state index is 12.6. The zero-order chi connectivity index (χ0) is 63.5. The van der Waals surface area contributed by atoms with Crippen molar-refractivity contribution in [2.45, 2.75) is 488 Å². The number of nitrogens with one attached hydrogen (secondary N) is 1. The molecular formula is C82H161NO5. The van der Waals surface area contributed by atoms with Gasteiger partial charge in [0, 0.05) is 12.8 Å². The van der Waals surface area contributed by atoms with Crippen molar-refractivity contribution in [2.24, 2.45) is 0 Å². The lowest BCUT2D eigenvalue weighted by Crippen LogP contribution is -2.45. The van der Waals surface area contributed by atoms with E-state index in [9.17, 15) is 19.8 Å². The summed E-state index contributed by atoms with van der Waals surface area (Å²) in [5.74, 6) is -0.0319. The Bertz CT molecular complexity index is 1340. The number of aliphatic hydroxyl groups excluding tert-OH is 2. The number of allylic oxidation sites excluding steroid dienone is 1. The van der Waals surface area contributed by atoms with Crippen molar-refractivity contribution in [1.82, 2.24) is 5.32 Å². The van der Waals surface area contributed by atoms with Gasteiger partial charge in [0.1, 0.15) is 0 Å². The summed E-state index contributed by atoms with van der Waals surface area (Å²) in [4.78, 5) is 24.7. The number of unbranched alkanes of at least 4 members (excludes halogenated alkanes) is 67. The lowest BCUT2D eigenvalue weighted by atomic mass is 10.0. The summed E-state index contributed by atoms with van der Waals surface area (Å²) in [7, 11) is 0. The number of hydrogen-bond acceptors (Lipinski definition) is 5. The molecule has 0 aliphatic heterocycles. The standard InChI is InChI=1S/C82H161NO5/c1-3-5-7-9-11-13-15-17-19-21-23-24-36-39-42-46-50-54-58-62-66-70-74-80(85)79(78-84)83-81(86)75-71-67-63-59-55-51-47-43-40-37-34-32-30-28-26-25-27-29-31-33-35-38-41-45-49-53-57-61-65-69-73-77-88-82(87)76-72-68-64-60-56-52-48-44-22-20-18-16-14-12-10-8-6-4-2/h70,74,79-80,84-85H,3-69,71-73,75-78H2,1-2H3,(H,83,86)/b74-70+. The quantitative estimate of drug-likeness (QED) is 0.0320. The van der Waals surface area contributed by atoms with E-state index in [0.717, 1.165) is 38.5 Å². The topological polar surface area (TPSA) is 95.9 Å². The molecule has 0 rings (SSSR count). The lowest BCUT2D eigenvalue weighted by molar-refractivity contribution is -0.143. The molecule has 0 radical (unpaired) electrons. The second-order valence-electron chi connectivity index (χ2n) is 28.5. The minimum Gasteiger partial charge on any atom is -0.466 e. The third-order valence-electron chi connectivity index (χ3n) is 19.6. The van der Waals surface area contributed by atoms with Gasteiger partial charge in [-0.2, -0.15) is 0 Å². The molecule has 524 valence electrons. The Labute approximate surface area is 552 Å². The van der Waals surface area contributed by atoms with Gasteiger partial charge in [0.15, 0.2) is 0 Å². The van der Waals surface area contributed by atoms with Crippen molar-refractivity contribution in [1.29, 1.82) is 0 Å². The predicted molar refractivity (Wildman–Crippen MR) is 389 cm³/mol. The zero-order valence-corrected chi connectivity index (χ0v) is 60.3. The Kier molecular flexibility index (Phi) is 76.8. The van der Waals surface area contributed by atoms with Crippen LogP contribution in [0.1, 0.15) is 476 Å². The average molecular weight is 1240 g/mol. The number of esters is 1. The predicted octanol–water partition coefficient (Wildman–Crippen LogP) is 27.1. The minimum absolute atomic E-state index is 0.0262. The van der Waals surface area contributed by atoms with Gasteiger partial charge in [0.25, 0.3) is 0 Å². The van der Waals surface area contributed by atoms with Gasteiger partial charge >= 0.3 is 5.97 Å². The Hall–Kier alpha value is -1.40. The van der Waals surface area contributed by atoms with Crippen LogP contribution in [0.4, 0.5) is 0 Å². The summed E-state index contributed by atoms with van der Waals surface area (Å²) in [6.07, 6.45) is 99.2. The van der Waals surface area contributed by atoms with Crippen molar-refractivity contribution < 1.29 is 24.5 Å². The minimum atomic E-state index is -0.842. The van der Waals surface area contributed by atoms with Crippen LogP contribution in [0.15, 0.2) is 12.2 Å². The number of carbonyl (C=O) groups excluding carboxylic acids is 2. The highest BCUT2D eigenvalue weighted by Gasteiger charge is 2.18. The van der Waals surface area contributed by atoms with Crippen LogP contribution in [0.3, 0.4) is 0 Å². The lowest BCUT2D eigenvalue weighted by Gasteiger charge is -2.20. The van der Waals surface area contributed by atoms with Gasteiger partial charge in [0.2, 0.25) is 5.91 Å². The number of hydrogen-bond donors (Lipinski definition) is 3. The van der Waals surface area contributed by atoms with Crippen molar-refractivity contribution in [3.63, 3.8) is 0 Å². The van der Waals surface area contributed by atoms with Crippen LogP contribution in [0, 0.1) is 0 Å². The molecule has 88 heavy (non-hydrogen) atoms. The van der Waals surface area contributed by atoms with E-state index in [0.29, 0.717) is 19.4 Å². The third-order valence-corrected chi connectivity index (χ3v) is 19.6. The second kappa shape index (κ2) is 78.0. The SMILES string of the molecule is CCCCCCCCCCCCCCCCCCCCCC/C=C/C(O)C(CO)NC(=O)CCCCCCCCCCCCCCCCCCCCCCCCCCCCCCCCCOC(=O)CCCCCCCCCCCCCCCCCCCC. The fraction of sp³-hybridized carbons (Fsp3) is 0.951. The van der Waals surface area contributed by atoms with Crippen molar-refractivity contribution in [2.75, 3.05) is 13.2 Å². The first kappa shape index (κ1) is 86.6. The molecule has 6 heteroatoms. The van der Waals surface area contributed by atoms with Crippen LogP contribution in [0.25, 0.3) is 0 Å². The molecule has 0 aliphatic carbocycles. The highest BCUT2D eigenvalue weighted by molar-refractivity contribution is 5.76. The molecule has 0 saturated heterocycles. The summed E-state index contributed by atoms with van der Waals surface area (Å²) >= 11 is 0. The smallest absolute Gasteiger partial charge is 0.305 e. The molecule has 0 spiro atoms. The molecule has 0 saturated carbocycles. The van der Waals surface area contributed by atoms with Gasteiger partial charge in [-0.15, -0.1) is 0 Å². The van der Waals surface area contributed by atoms with E-state index in [1.807, 2.05) is 6.08 Å². The molecule has 3 N–H and O–H groups in total. The third kappa shape index (κ3) is 73.6. The van der Waals surface area contributed by atoms with Crippen LogP contribution in [-0.2, 0) is 14.3 Å². The summed E-state index contributed by atoms with van der Waals surface area (Å²) in [6.45, 7) is 4.97.